The first-order chi connectivity index (χ1) is 15.7. The van der Waals surface area contributed by atoms with Crippen molar-refractivity contribution in [3.8, 4) is 0 Å². The largest absolute Gasteiger partial charge is 0.450 e. The van der Waals surface area contributed by atoms with Crippen LogP contribution in [0.25, 0.3) is 11.0 Å². The second-order valence-corrected chi connectivity index (χ2v) is 8.30. The van der Waals surface area contributed by atoms with Crippen molar-refractivity contribution in [1.82, 2.24) is 4.90 Å². The van der Waals surface area contributed by atoms with Crippen LogP contribution in [0.1, 0.15) is 33.4 Å². The number of hydrogen-bond donors (Lipinski definition) is 0. The van der Waals surface area contributed by atoms with Gasteiger partial charge in [0.15, 0.2) is 12.4 Å². The van der Waals surface area contributed by atoms with Crippen molar-refractivity contribution in [2.75, 3.05) is 37.7 Å². The smallest absolute Gasteiger partial charge is 0.375 e. The van der Waals surface area contributed by atoms with Gasteiger partial charge in [0.2, 0.25) is 5.76 Å². The van der Waals surface area contributed by atoms with E-state index in [1.807, 2.05) is 4.90 Å². The highest BCUT2D eigenvalue weighted by atomic mass is 35.5. The molecule has 4 rings (SSSR count). The van der Waals surface area contributed by atoms with Crippen molar-refractivity contribution in [3.63, 3.8) is 0 Å². The van der Waals surface area contributed by atoms with Gasteiger partial charge in [-0.3, -0.25) is 9.59 Å². The summed E-state index contributed by atoms with van der Waals surface area (Å²) in [5, 5.41) is 1.23. The Balaban J connectivity index is 1.33. The van der Waals surface area contributed by atoms with Gasteiger partial charge in [0, 0.05) is 47.7 Å². The number of rotatable bonds is 5. The van der Waals surface area contributed by atoms with Crippen LogP contribution in [-0.4, -0.2) is 55.3 Å². The standard InChI is InChI=1S/C24H22ClFN2O5/c1-14-18-12-17(25)4-6-21(18)33-23(14)24(31)32-13-22(30)28-9-7-27(8-10-28)20-5-3-16(15(2)29)11-19(20)26/h3-6,11-12H,7-10,13H2,1-2H3. The third-order valence-electron chi connectivity index (χ3n) is 5.74. The van der Waals surface area contributed by atoms with E-state index in [2.05, 4.69) is 0 Å². The maximum absolute atomic E-state index is 14.4. The Hall–Kier alpha value is -3.39. The molecule has 1 fully saturated rings. The number of ketones is 1. The first-order valence-corrected chi connectivity index (χ1v) is 10.8. The molecule has 33 heavy (non-hydrogen) atoms. The molecule has 0 radical (unpaired) electrons. The molecule has 2 heterocycles. The van der Waals surface area contributed by atoms with Crippen LogP contribution < -0.4 is 4.90 Å². The fraction of sp³-hybridized carbons (Fsp3) is 0.292. The number of Topliss-reactive ketones (excluding diaryl/α,β-unsaturated/α-hetero) is 1. The molecule has 1 aliphatic rings. The highest BCUT2D eigenvalue weighted by molar-refractivity contribution is 6.31. The quantitative estimate of drug-likeness (QED) is 0.408. The lowest BCUT2D eigenvalue weighted by atomic mass is 10.1. The van der Waals surface area contributed by atoms with Crippen molar-refractivity contribution >= 4 is 45.9 Å². The summed E-state index contributed by atoms with van der Waals surface area (Å²) in [4.78, 5) is 39.8. The lowest BCUT2D eigenvalue weighted by molar-refractivity contribution is -0.134. The van der Waals surface area contributed by atoms with Gasteiger partial charge in [-0.2, -0.15) is 0 Å². The number of hydrogen-bond acceptors (Lipinski definition) is 6. The topological polar surface area (TPSA) is 80.1 Å². The number of anilines is 1. The van der Waals surface area contributed by atoms with Crippen molar-refractivity contribution in [3.05, 3.63) is 64.1 Å². The monoisotopic (exact) mass is 472 g/mol. The molecule has 1 aliphatic heterocycles. The zero-order valence-corrected chi connectivity index (χ0v) is 18.9. The minimum Gasteiger partial charge on any atom is -0.450 e. The average molecular weight is 473 g/mol. The molecule has 0 N–H and O–H groups in total. The number of ether oxygens (including phenoxy) is 1. The fourth-order valence-corrected chi connectivity index (χ4v) is 4.02. The van der Waals surface area contributed by atoms with E-state index in [9.17, 15) is 18.8 Å². The summed E-state index contributed by atoms with van der Waals surface area (Å²) < 4.78 is 25.2. The minimum atomic E-state index is -0.723. The predicted octanol–water partition coefficient (Wildman–Crippen LogP) is 4.24. The number of benzene rings is 2. The maximum atomic E-state index is 14.4. The van der Waals surface area contributed by atoms with Gasteiger partial charge in [-0.1, -0.05) is 11.6 Å². The van der Waals surface area contributed by atoms with Crippen LogP contribution in [0.15, 0.2) is 40.8 Å². The molecule has 172 valence electrons. The van der Waals surface area contributed by atoms with Crippen LogP contribution in [0.5, 0.6) is 0 Å². The van der Waals surface area contributed by atoms with Gasteiger partial charge in [0.1, 0.15) is 11.4 Å². The van der Waals surface area contributed by atoms with Gasteiger partial charge in [0.05, 0.1) is 5.69 Å². The zero-order chi connectivity index (χ0) is 23.7. The molecule has 0 saturated carbocycles. The van der Waals surface area contributed by atoms with Crippen LogP contribution >= 0.6 is 11.6 Å². The van der Waals surface area contributed by atoms with E-state index in [4.69, 9.17) is 20.8 Å². The Morgan fingerprint density at radius 2 is 1.82 bits per heavy atom. The van der Waals surface area contributed by atoms with Crippen LogP contribution in [0.2, 0.25) is 5.02 Å². The number of halogens is 2. The number of esters is 1. The number of nitrogens with zero attached hydrogens (tertiary/aromatic N) is 2. The Labute approximate surface area is 194 Å². The summed E-state index contributed by atoms with van der Waals surface area (Å²) in [7, 11) is 0. The predicted molar refractivity (Wildman–Crippen MR) is 121 cm³/mol. The summed E-state index contributed by atoms with van der Waals surface area (Å²) in [6.45, 7) is 4.23. The second kappa shape index (κ2) is 9.23. The normalized spacial score (nSPS) is 13.9. The van der Waals surface area contributed by atoms with Gasteiger partial charge in [-0.15, -0.1) is 0 Å². The maximum Gasteiger partial charge on any atom is 0.375 e. The Morgan fingerprint density at radius 3 is 2.48 bits per heavy atom. The van der Waals surface area contributed by atoms with Crippen molar-refractivity contribution in [2.24, 2.45) is 0 Å². The Kier molecular flexibility index (Phi) is 6.37. The zero-order valence-electron chi connectivity index (χ0n) is 18.2. The van der Waals surface area contributed by atoms with Gasteiger partial charge in [-0.05, 0) is 50.2 Å². The Bertz CT molecular complexity index is 1250. The number of piperazine rings is 1. The molecule has 0 atom stereocenters. The first-order valence-electron chi connectivity index (χ1n) is 10.4. The van der Waals surface area contributed by atoms with E-state index in [1.165, 1.54) is 13.0 Å². The van der Waals surface area contributed by atoms with Crippen LogP contribution in [-0.2, 0) is 9.53 Å². The molecule has 0 unspecified atom stereocenters. The van der Waals surface area contributed by atoms with Crippen LogP contribution in [0, 0.1) is 12.7 Å². The number of aryl methyl sites for hydroxylation is 1. The lowest BCUT2D eigenvalue weighted by Gasteiger charge is -2.36. The third kappa shape index (κ3) is 4.71. The van der Waals surface area contributed by atoms with Gasteiger partial charge in [0.25, 0.3) is 5.91 Å². The van der Waals surface area contributed by atoms with Crippen molar-refractivity contribution in [1.29, 1.82) is 0 Å². The molecule has 9 heteroatoms. The molecular weight excluding hydrogens is 451 g/mol. The lowest BCUT2D eigenvalue weighted by Crippen LogP contribution is -2.50. The van der Waals surface area contributed by atoms with Gasteiger partial charge in [-0.25, -0.2) is 9.18 Å². The van der Waals surface area contributed by atoms with E-state index in [-0.39, 0.29) is 17.5 Å². The van der Waals surface area contributed by atoms with E-state index in [1.54, 1.807) is 42.2 Å². The molecule has 1 amide bonds. The van der Waals surface area contributed by atoms with Crippen LogP contribution in [0.4, 0.5) is 10.1 Å². The van der Waals surface area contributed by atoms with E-state index < -0.39 is 18.4 Å². The number of fused-ring (bicyclic) bond motifs is 1. The summed E-state index contributed by atoms with van der Waals surface area (Å²) >= 11 is 6.00. The van der Waals surface area contributed by atoms with Crippen molar-refractivity contribution in [2.45, 2.75) is 13.8 Å². The molecule has 0 aliphatic carbocycles. The molecule has 1 aromatic heterocycles. The number of amides is 1. The summed E-state index contributed by atoms with van der Waals surface area (Å²) in [6, 6.07) is 9.42. The number of carbonyl (C=O) groups excluding carboxylic acids is 3. The Morgan fingerprint density at radius 1 is 1.09 bits per heavy atom. The fourth-order valence-electron chi connectivity index (χ4n) is 3.85. The molecule has 0 spiro atoms. The van der Waals surface area contributed by atoms with Gasteiger partial charge < -0.3 is 19.0 Å². The number of carbonyl (C=O) groups is 3. The van der Waals surface area contributed by atoms with Crippen molar-refractivity contribution < 1.29 is 27.9 Å². The summed E-state index contributed by atoms with van der Waals surface area (Å²) in [6.07, 6.45) is 0. The molecule has 3 aromatic rings. The van der Waals surface area contributed by atoms with Crippen LogP contribution in [0.3, 0.4) is 0 Å². The molecule has 7 nitrogen and oxygen atoms in total. The summed E-state index contributed by atoms with van der Waals surface area (Å²) in [5.41, 5.74) is 1.81. The van der Waals surface area contributed by atoms with E-state index in [0.717, 1.165) is 0 Å². The first kappa shape index (κ1) is 22.8. The number of furan rings is 1. The minimum absolute atomic E-state index is 0.0365. The van der Waals surface area contributed by atoms with Gasteiger partial charge >= 0.3 is 5.97 Å². The van der Waals surface area contributed by atoms with E-state index in [0.29, 0.717) is 59.0 Å². The average Bonchev–Trinajstić information content (AvgIpc) is 3.13. The molecule has 0 bridgehead atoms. The SMILES string of the molecule is CC(=O)c1ccc(N2CCN(C(=O)COC(=O)c3oc4ccc(Cl)cc4c3C)CC2)c(F)c1. The van der Waals surface area contributed by atoms with E-state index >= 15 is 0 Å². The third-order valence-corrected chi connectivity index (χ3v) is 5.97. The molecule has 1 saturated heterocycles. The second-order valence-electron chi connectivity index (χ2n) is 7.86. The molecule has 2 aromatic carbocycles. The summed E-state index contributed by atoms with van der Waals surface area (Å²) in [5.74, 6) is -1.70. The molecular formula is C24H22ClFN2O5. The highest BCUT2D eigenvalue weighted by Crippen LogP contribution is 2.28. The highest BCUT2D eigenvalue weighted by Gasteiger charge is 2.25.